The van der Waals surface area contributed by atoms with E-state index in [0.29, 0.717) is 6.42 Å². The Kier molecular flexibility index (Phi) is 4.31. The third-order valence-corrected chi connectivity index (χ3v) is 2.47. The molecule has 0 heterocycles. The first-order valence-electron chi connectivity index (χ1n) is 5.01. The van der Waals surface area contributed by atoms with E-state index in [4.69, 9.17) is 4.74 Å². The zero-order valence-corrected chi connectivity index (χ0v) is 9.41. The first-order valence-corrected chi connectivity index (χ1v) is 5.01. The van der Waals surface area contributed by atoms with Crippen molar-refractivity contribution in [3.8, 4) is 5.75 Å². The molecule has 0 aliphatic heterocycles. The maximum Gasteiger partial charge on any atom is 0.153 e. The molecule has 0 amide bonds. The van der Waals surface area contributed by atoms with Crippen LogP contribution in [-0.2, 0) is 11.2 Å². The average Bonchev–Trinajstić information content (AvgIpc) is 2.28. The first kappa shape index (κ1) is 11.7. The van der Waals surface area contributed by atoms with Crippen LogP contribution in [-0.4, -0.2) is 26.0 Å². The minimum absolute atomic E-state index is 0.116. The zero-order chi connectivity index (χ0) is 11.3. The molecule has 82 valence electrons. The summed E-state index contributed by atoms with van der Waals surface area (Å²) >= 11 is 0. The van der Waals surface area contributed by atoms with Gasteiger partial charge in [0, 0.05) is 12.0 Å². The Balaban J connectivity index is 2.76. The predicted molar refractivity (Wildman–Crippen MR) is 60.2 cm³/mol. The number of Topliss-reactive ketones (excluding diaryl/α,β-unsaturated/α-hetero) is 1. The van der Waals surface area contributed by atoms with Crippen molar-refractivity contribution in [2.24, 2.45) is 0 Å². The highest BCUT2D eigenvalue weighted by Crippen LogP contribution is 2.18. The highest BCUT2D eigenvalue weighted by molar-refractivity contribution is 5.86. The van der Waals surface area contributed by atoms with Gasteiger partial charge in [-0.2, -0.15) is 0 Å². The van der Waals surface area contributed by atoms with E-state index in [0.717, 1.165) is 11.3 Å². The van der Waals surface area contributed by atoms with E-state index < -0.39 is 0 Å². The summed E-state index contributed by atoms with van der Waals surface area (Å²) in [4.78, 5) is 11.7. The van der Waals surface area contributed by atoms with E-state index in [1.807, 2.05) is 31.2 Å². The van der Waals surface area contributed by atoms with Crippen LogP contribution < -0.4 is 10.1 Å². The molecule has 1 N–H and O–H groups in total. The van der Waals surface area contributed by atoms with Gasteiger partial charge in [-0.1, -0.05) is 18.2 Å². The quantitative estimate of drug-likeness (QED) is 0.793. The van der Waals surface area contributed by atoms with Crippen molar-refractivity contribution in [3.05, 3.63) is 29.8 Å². The number of likely N-dealkylation sites (N-methyl/N-ethyl adjacent to an activating group) is 1. The molecule has 0 saturated heterocycles. The SMILES string of the molecule is CNC(C)C(=O)Cc1ccccc1OC. The molecule has 0 spiro atoms. The predicted octanol–water partition coefficient (Wildman–Crippen LogP) is 1.41. The molecule has 3 nitrogen and oxygen atoms in total. The Bertz CT molecular complexity index is 336. The molecular weight excluding hydrogens is 190 g/mol. The molecule has 1 aromatic carbocycles. The lowest BCUT2D eigenvalue weighted by atomic mass is 10.0. The van der Waals surface area contributed by atoms with Crippen LogP contribution in [0.3, 0.4) is 0 Å². The molecule has 3 heteroatoms. The number of benzene rings is 1. The number of carbonyl (C=O) groups excluding carboxylic acids is 1. The minimum atomic E-state index is -0.116. The fourth-order valence-electron chi connectivity index (χ4n) is 1.35. The number of rotatable bonds is 5. The third kappa shape index (κ3) is 3.06. The number of methoxy groups -OCH3 is 1. The van der Waals surface area contributed by atoms with Crippen LogP contribution in [0, 0.1) is 0 Å². The van der Waals surface area contributed by atoms with Gasteiger partial charge in [-0.15, -0.1) is 0 Å². The second-order valence-electron chi connectivity index (χ2n) is 3.47. The summed E-state index contributed by atoms with van der Waals surface area (Å²) in [7, 11) is 3.40. The summed E-state index contributed by atoms with van der Waals surface area (Å²) in [6.07, 6.45) is 0.409. The van der Waals surface area contributed by atoms with Crippen LogP contribution in [0.5, 0.6) is 5.75 Å². The summed E-state index contributed by atoms with van der Waals surface area (Å²) in [5.41, 5.74) is 0.937. The van der Waals surface area contributed by atoms with Crippen LogP contribution in [0.1, 0.15) is 12.5 Å². The Morgan fingerprint density at radius 1 is 1.47 bits per heavy atom. The molecule has 0 aromatic heterocycles. The largest absolute Gasteiger partial charge is 0.496 e. The molecule has 1 atom stereocenters. The number of hydrogen-bond acceptors (Lipinski definition) is 3. The summed E-state index contributed by atoms with van der Waals surface area (Å²) < 4.78 is 5.19. The van der Waals surface area contributed by atoms with E-state index in [2.05, 4.69) is 5.32 Å². The standard InChI is InChI=1S/C12H17NO2/c1-9(13-2)11(14)8-10-6-4-5-7-12(10)15-3/h4-7,9,13H,8H2,1-3H3. The van der Waals surface area contributed by atoms with Crippen LogP contribution >= 0.6 is 0 Å². The topological polar surface area (TPSA) is 38.3 Å². The Morgan fingerprint density at radius 3 is 2.73 bits per heavy atom. The first-order chi connectivity index (χ1) is 7.19. The highest BCUT2D eigenvalue weighted by atomic mass is 16.5. The Hall–Kier alpha value is -1.35. The second-order valence-corrected chi connectivity index (χ2v) is 3.47. The van der Waals surface area contributed by atoms with Gasteiger partial charge in [0.05, 0.1) is 13.2 Å². The maximum absolute atomic E-state index is 11.7. The molecule has 0 saturated carbocycles. The minimum Gasteiger partial charge on any atom is -0.496 e. The molecule has 1 unspecified atom stereocenters. The molecule has 15 heavy (non-hydrogen) atoms. The normalized spacial score (nSPS) is 12.2. The number of para-hydroxylation sites is 1. The number of nitrogens with one attached hydrogen (secondary N) is 1. The van der Waals surface area contributed by atoms with Gasteiger partial charge in [0.2, 0.25) is 0 Å². The lowest BCUT2D eigenvalue weighted by molar-refractivity contribution is -0.119. The van der Waals surface area contributed by atoms with Crippen molar-refractivity contribution >= 4 is 5.78 Å². The van der Waals surface area contributed by atoms with Crippen LogP contribution in [0.2, 0.25) is 0 Å². The molecule has 1 aromatic rings. The van der Waals surface area contributed by atoms with E-state index in [1.54, 1.807) is 14.2 Å². The third-order valence-electron chi connectivity index (χ3n) is 2.47. The second kappa shape index (κ2) is 5.51. The van der Waals surface area contributed by atoms with E-state index in [1.165, 1.54) is 0 Å². The van der Waals surface area contributed by atoms with Crippen molar-refractivity contribution in [1.29, 1.82) is 0 Å². The molecule has 0 radical (unpaired) electrons. The van der Waals surface area contributed by atoms with Crippen LogP contribution in [0.4, 0.5) is 0 Å². The van der Waals surface area contributed by atoms with Crippen molar-refractivity contribution in [1.82, 2.24) is 5.32 Å². The van der Waals surface area contributed by atoms with Gasteiger partial charge in [-0.05, 0) is 20.0 Å². The number of ether oxygens (including phenoxy) is 1. The molecular formula is C12H17NO2. The summed E-state index contributed by atoms with van der Waals surface area (Å²) in [5.74, 6) is 0.941. The lowest BCUT2D eigenvalue weighted by Gasteiger charge is -2.11. The molecule has 1 rings (SSSR count). The monoisotopic (exact) mass is 207 g/mol. The van der Waals surface area contributed by atoms with Crippen LogP contribution in [0.25, 0.3) is 0 Å². The Labute approximate surface area is 90.4 Å². The van der Waals surface area contributed by atoms with Crippen molar-refractivity contribution < 1.29 is 9.53 Å². The number of hydrogen-bond donors (Lipinski definition) is 1. The van der Waals surface area contributed by atoms with Crippen molar-refractivity contribution in [3.63, 3.8) is 0 Å². The molecule has 0 aliphatic rings. The summed E-state index contributed by atoms with van der Waals surface area (Å²) in [6, 6.07) is 7.48. The van der Waals surface area contributed by atoms with E-state index in [9.17, 15) is 4.79 Å². The fraction of sp³-hybridized carbons (Fsp3) is 0.417. The van der Waals surface area contributed by atoms with Crippen molar-refractivity contribution in [2.75, 3.05) is 14.2 Å². The maximum atomic E-state index is 11.7. The van der Waals surface area contributed by atoms with Crippen LogP contribution in [0.15, 0.2) is 24.3 Å². The Morgan fingerprint density at radius 2 is 2.13 bits per heavy atom. The van der Waals surface area contributed by atoms with E-state index in [-0.39, 0.29) is 11.8 Å². The van der Waals surface area contributed by atoms with Gasteiger partial charge in [0.25, 0.3) is 0 Å². The average molecular weight is 207 g/mol. The van der Waals surface area contributed by atoms with E-state index >= 15 is 0 Å². The smallest absolute Gasteiger partial charge is 0.153 e. The van der Waals surface area contributed by atoms with Gasteiger partial charge >= 0.3 is 0 Å². The molecule has 0 aliphatic carbocycles. The van der Waals surface area contributed by atoms with Gasteiger partial charge < -0.3 is 10.1 Å². The van der Waals surface area contributed by atoms with Gasteiger partial charge in [0.1, 0.15) is 5.75 Å². The van der Waals surface area contributed by atoms with Gasteiger partial charge in [-0.3, -0.25) is 4.79 Å². The summed E-state index contributed by atoms with van der Waals surface area (Å²) in [5, 5.41) is 2.93. The summed E-state index contributed by atoms with van der Waals surface area (Å²) in [6.45, 7) is 1.86. The van der Waals surface area contributed by atoms with Gasteiger partial charge in [-0.25, -0.2) is 0 Å². The molecule has 0 bridgehead atoms. The van der Waals surface area contributed by atoms with Gasteiger partial charge in [0.15, 0.2) is 5.78 Å². The lowest BCUT2D eigenvalue weighted by Crippen LogP contribution is -2.31. The molecule has 0 fully saturated rings. The fourth-order valence-corrected chi connectivity index (χ4v) is 1.35. The number of carbonyl (C=O) groups is 1. The number of ketones is 1. The van der Waals surface area contributed by atoms with Crippen molar-refractivity contribution in [2.45, 2.75) is 19.4 Å². The highest BCUT2D eigenvalue weighted by Gasteiger charge is 2.13. The zero-order valence-electron chi connectivity index (χ0n) is 9.41.